The monoisotopic (exact) mass is 292 g/mol. The molecule has 0 fully saturated rings. The van der Waals surface area contributed by atoms with Crippen LogP contribution >= 0.6 is 23.4 Å². The smallest absolute Gasteiger partial charge is 0.185 e. The average Bonchev–Trinajstić information content (AvgIpc) is 2.29. The fraction of sp³-hybridized carbons (Fsp3) is 0.417. The number of aryl methyl sites for hydroxylation is 1. The van der Waals surface area contributed by atoms with E-state index in [4.69, 9.17) is 11.6 Å². The Balaban J connectivity index is 2.86. The molecule has 0 aliphatic carbocycles. The standard InChI is InChI=1S/C12H14ClFO3S/c1-6-3-8(10(14)4-9(6)13)12(17)11(16)5-18-7(2)15/h3-4,11-12,16-17H,5H2,1-2H3. The first kappa shape index (κ1) is 15.4. The first-order chi connectivity index (χ1) is 8.32. The van der Waals surface area contributed by atoms with E-state index in [0.717, 1.165) is 17.8 Å². The van der Waals surface area contributed by atoms with E-state index >= 15 is 0 Å². The van der Waals surface area contributed by atoms with Crippen molar-refractivity contribution in [3.63, 3.8) is 0 Å². The summed E-state index contributed by atoms with van der Waals surface area (Å²) in [6.45, 7) is 3.03. The number of thioether (sulfide) groups is 1. The first-order valence-electron chi connectivity index (χ1n) is 5.28. The second kappa shape index (κ2) is 6.52. The molecule has 1 aromatic rings. The summed E-state index contributed by atoms with van der Waals surface area (Å²) in [6.07, 6.45) is -2.60. The average molecular weight is 293 g/mol. The third-order valence-corrected chi connectivity index (χ3v) is 3.74. The van der Waals surface area contributed by atoms with Gasteiger partial charge >= 0.3 is 0 Å². The first-order valence-corrected chi connectivity index (χ1v) is 6.64. The van der Waals surface area contributed by atoms with Crippen LogP contribution in [-0.4, -0.2) is 27.2 Å². The molecule has 0 spiro atoms. The quantitative estimate of drug-likeness (QED) is 0.895. The highest BCUT2D eigenvalue weighted by Crippen LogP contribution is 2.27. The van der Waals surface area contributed by atoms with Gasteiger partial charge in [-0.2, -0.15) is 0 Å². The van der Waals surface area contributed by atoms with E-state index in [1.165, 1.54) is 13.0 Å². The minimum absolute atomic E-state index is 0.0115. The number of carbonyl (C=O) groups excluding carboxylic acids is 1. The summed E-state index contributed by atoms with van der Waals surface area (Å²) in [7, 11) is 0. The second-order valence-electron chi connectivity index (χ2n) is 3.94. The molecule has 0 aliphatic rings. The van der Waals surface area contributed by atoms with Crippen molar-refractivity contribution in [1.29, 1.82) is 0 Å². The van der Waals surface area contributed by atoms with Gasteiger partial charge < -0.3 is 10.2 Å². The molecule has 0 bridgehead atoms. The summed E-state index contributed by atoms with van der Waals surface area (Å²) < 4.78 is 13.6. The van der Waals surface area contributed by atoms with Crippen LogP contribution in [0, 0.1) is 12.7 Å². The van der Waals surface area contributed by atoms with E-state index in [2.05, 4.69) is 0 Å². The van der Waals surface area contributed by atoms with Gasteiger partial charge in [0.25, 0.3) is 0 Å². The Kier molecular flexibility index (Phi) is 5.59. The van der Waals surface area contributed by atoms with E-state index in [0.29, 0.717) is 5.56 Å². The predicted molar refractivity (Wildman–Crippen MR) is 70.3 cm³/mol. The van der Waals surface area contributed by atoms with Crippen LogP contribution in [-0.2, 0) is 4.79 Å². The van der Waals surface area contributed by atoms with Crippen molar-refractivity contribution in [1.82, 2.24) is 0 Å². The van der Waals surface area contributed by atoms with Crippen LogP contribution in [0.15, 0.2) is 12.1 Å². The molecule has 2 atom stereocenters. The van der Waals surface area contributed by atoms with Gasteiger partial charge in [0, 0.05) is 23.3 Å². The van der Waals surface area contributed by atoms with Crippen molar-refractivity contribution in [2.45, 2.75) is 26.1 Å². The predicted octanol–water partition coefficient (Wildman–Crippen LogP) is 2.46. The highest BCUT2D eigenvalue weighted by atomic mass is 35.5. The van der Waals surface area contributed by atoms with Gasteiger partial charge in [-0.25, -0.2) is 4.39 Å². The van der Waals surface area contributed by atoms with Crippen LogP contribution in [0.2, 0.25) is 5.02 Å². The van der Waals surface area contributed by atoms with Crippen LogP contribution in [0.25, 0.3) is 0 Å². The fourth-order valence-electron chi connectivity index (χ4n) is 1.41. The fourth-order valence-corrected chi connectivity index (χ4v) is 2.15. The van der Waals surface area contributed by atoms with E-state index in [1.807, 2.05) is 0 Å². The lowest BCUT2D eigenvalue weighted by Gasteiger charge is -2.18. The molecule has 1 aromatic carbocycles. The highest BCUT2D eigenvalue weighted by molar-refractivity contribution is 8.13. The number of hydrogen-bond acceptors (Lipinski definition) is 4. The SMILES string of the molecule is CC(=O)SCC(O)C(O)c1cc(C)c(Cl)cc1F. The molecule has 3 nitrogen and oxygen atoms in total. The third-order valence-electron chi connectivity index (χ3n) is 2.42. The van der Waals surface area contributed by atoms with Gasteiger partial charge in [0.05, 0.1) is 6.10 Å². The summed E-state index contributed by atoms with van der Waals surface area (Å²) in [6, 6.07) is 2.49. The lowest BCUT2D eigenvalue weighted by atomic mass is 10.0. The van der Waals surface area contributed by atoms with Crippen molar-refractivity contribution >= 4 is 28.5 Å². The van der Waals surface area contributed by atoms with Gasteiger partial charge in [0.2, 0.25) is 0 Å². The second-order valence-corrected chi connectivity index (χ2v) is 5.54. The molecule has 2 N–H and O–H groups in total. The van der Waals surface area contributed by atoms with Gasteiger partial charge in [-0.3, -0.25) is 4.79 Å². The van der Waals surface area contributed by atoms with E-state index in [-0.39, 0.29) is 21.5 Å². The van der Waals surface area contributed by atoms with Crippen molar-refractivity contribution in [2.24, 2.45) is 0 Å². The van der Waals surface area contributed by atoms with Crippen LogP contribution in [0.5, 0.6) is 0 Å². The van der Waals surface area contributed by atoms with E-state index in [1.54, 1.807) is 6.92 Å². The Bertz CT molecular complexity index is 453. The molecular weight excluding hydrogens is 279 g/mol. The normalized spacial score (nSPS) is 14.3. The Morgan fingerprint density at radius 3 is 2.67 bits per heavy atom. The summed E-state index contributed by atoms with van der Waals surface area (Å²) in [4.78, 5) is 10.8. The molecule has 0 aromatic heterocycles. The molecule has 2 unspecified atom stereocenters. The Morgan fingerprint density at radius 1 is 1.50 bits per heavy atom. The largest absolute Gasteiger partial charge is 0.389 e. The number of rotatable bonds is 4. The highest BCUT2D eigenvalue weighted by Gasteiger charge is 2.23. The van der Waals surface area contributed by atoms with Crippen LogP contribution < -0.4 is 0 Å². The molecule has 0 heterocycles. The topological polar surface area (TPSA) is 57.5 Å². The zero-order chi connectivity index (χ0) is 13.9. The maximum absolute atomic E-state index is 13.6. The van der Waals surface area contributed by atoms with Gasteiger partial charge in [-0.15, -0.1) is 0 Å². The Morgan fingerprint density at radius 2 is 2.11 bits per heavy atom. The van der Waals surface area contributed by atoms with Gasteiger partial charge in [-0.05, 0) is 24.6 Å². The van der Waals surface area contributed by atoms with E-state index < -0.39 is 18.0 Å². The van der Waals surface area contributed by atoms with Crippen molar-refractivity contribution in [3.05, 3.63) is 34.1 Å². The van der Waals surface area contributed by atoms with Gasteiger partial charge in [-0.1, -0.05) is 23.4 Å². The molecule has 0 amide bonds. The zero-order valence-electron chi connectivity index (χ0n) is 9.98. The number of benzene rings is 1. The molecule has 100 valence electrons. The molecule has 0 saturated heterocycles. The molecule has 6 heteroatoms. The van der Waals surface area contributed by atoms with Crippen LogP contribution in [0.3, 0.4) is 0 Å². The number of aliphatic hydroxyl groups is 2. The van der Waals surface area contributed by atoms with Crippen LogP contribution in [0.1, 0.15) is 24.2 Å². The molecule has 18 heavy (non-hydrogen) atoms. The van der Waals surface area contributed by atoms with Crippen LogP contribution in [0.4, 0.5) is 4.39 Å². The summed E-state index contributed by atoms with van der Waals surface area (Å²) >= 11 is 6.62. The molecule has 0 aliphatic heterocycles. The summed E-state index contributed by atoms with van der Waals surface area (Å²) in [5, 5.41) is 19.6. The van der Waals surface area contributed by atoms with Crippen molar-refractivity contribution in [3.8, 4) is 0 Å². The lowest BCUT2D eigenvalue weighted by molar-refractivity contribution is -0.109. The number of carbonyl (C=O) groups is 1. The van der Waals surface area contributed by atoms with Gasteiger partial charge in [0.15, 0.2) is 5.12 Å². The number of aliphatic hydroxyl groups excluding tert-OH is 2. The lowest BCUT2D eigenvalue weighted by Crippen LogP contribution is -2.22. The maximum Gasteiger partial charge on any atom is 0.185 e. The molecule has 0 saturated carbocycles. The van der Waals surface area contributed by atoms with E-state index in [9.17, 15) is 19.4 Å². The minimum Gasteiger partial charge on any atom is -0.389 e. The Labute approximate surface area is 114 Å². The van der Waals surface area contributed by atoms with Gasteiger partial charge in [0.1, 0.15) is 11.9 Å². The minimum atomic E-state index is -1.38. The Hall–Kier alpha value is -0.620. The summed E-state index contributed by atoms with van der Waals surface area (Å²) in [5.41, 5.74) is 0.590. The molecule has 0 radical (unpaired) electrons. The molecular formula is C12H14ClFO3S. The maximum atomic E-state index is 13.6. The zero-order valence-corrected chi connectivity index (χ0v) is 11.6. The van der Waals surface area contributed by atoms with Crippen molar-refractivity contribution in [2.75, 3.05) is 5.75 Å². The third kappa shape index (κ3) is 3.95. The number of halogens is 2. The molecule has 1 rings (SSSR count). The summed E-state index contributed by atoms with van der Waals surface area (Å²) in [5.74, 6) is -0.664. The number of hydrogen-bond donors (Lipinski definition) is 2. The van der Waals surface area contributed by atoms with Crippen molar-refractivity contribution < 1.29 is 19.4 Å².